The van der Waals surface area contributed by atoms with E-state index in [4.69, 9.17) is 16.7 Å². The van der Waals surface area contributed by atoms with Gasteiger partial charge in [-0.05, 0) is 67.7 Å². The Hall–Kier alpha value is -1.48. The zero-order valence-electron chi connectivity index (χ0n) is 16.2. The Bertz CT molecular complexity index is 555. The highest BCUT2D eigenvalue weighted by Gasteiger charge is 2.27. The van der Waals surface area contributed by atoms with E-state index in [2.05, 4.69) is 17.4 Å². The van der Waals surface area contributed by atoms with Crippen molar-refractivity contribution in [1.82, 2.24) is 0 Å². The van der Waals surface area contributed by atoms with Crippen molar-refractivity contribution in [2.24, 2.45) is 17.8 Å². The minimum Gasteiger partial charge on any atom is -0.449 e. The maximum atomic E-state index is 10.00. The number of carboxylic acid groups (broad SMARTS) is 1. The van der Waals surface area contributed by atoms with Gasteiger partial charge in [-0.25, -0.2) is 4.79 Å². The highest BCUT2D eigenvalue weighted by Crippen LogP contribution is 2.40. The van der Waals surface area contributed by atoms with E-state index < -0.39 is 6.16 Å². The molecule has 0 atom stereocenters. The van der Waals surface area contributed by atoms with Crippen molar-refractivity contribution >= 4 is 17.8 Å². The van der Waals surface area contributed by atoms with Gasteiger partial charge in [-0.2, -0.15) is 0 Å². The lowest BCUT2D eigenvalue weighted by Gasteiger charge is -2.35. The molecular formula is C23H33ClO3. The van der Waals surface area contributed by atoms with Crippen molar-refractivity contribution < 1.29 is 14.6 Å². The Labute approximate surface area is 168 Å². The molecule has 1 N–H and O–H groups in total. The van der Waals surface area contributed by atoms with Crippen molar-refractivity contribution in [3.05, 3.63) is 41.9 Å². The van der Waals surface area contributed by atoms with Gasteiger partial charge in [0.2, 0.25) is 0 Å². The number of ether oxygens (including phenoxy) is 1. The first-order valence-electron chi connectivity index (χ1n) is 10.4. The van der Waals surface area contributed by atoms with E-state index in [9.17, 15) is 4.79 Å². The van der Waals surface area contributed by atoms with Crippen LogP contribution in [0.25, 0.3) is 0 Å². The molecule has 2 saturated carbocycles. The third kappa shape index (κ3) is 8.38. The van der Waals surface area contributed by atoms with E-state index in [-0.39, 0.29) is 5.75 Å². The van der Waals surface area contributed by atoms with Crippen molar-refractivity contribution in [3.8, 4) is 5.75 Å². The van der Waals surface area contributed by atoms with Crippen LogP contribution in [0, 0.1) is 17.8 Å². The van der Waals surface area contributed by atoms with E-state index in [0.717, 1.165) is 17.8 Å². The largest absolute Gasteiger partial charge is 0.511 e. The molecule has 0 amide bonds. The average molecular weight is 393 g/mol. The Kier molecular flexibility index (Phi) is 9.75. The predicted octanol–water partition coefficient (Wildman–Crippen LogP) is 7.74. The number of halogens is 1. The molecule has 2 fully saturated rings. The first kappa shape index (κ1) is 21.8. The lowest BCUT2D eigenvalue weighted by molar-refractivity contribution is 0.144. The molecule has 3 rings (SSSR count). The summed E-state index contributed by atoms with van der Waals surface area (Å²) in [6.45, 7) is 3.83. The summed E-state index contributed by atoms with van der Waals surface area (Å²) < 4.78 is 4.33. The number of hydrogen-bond donors (Lipinski definition) is 1. The van der Waals surface area contributed by atoms with Crippen molar-refractivity contribution in [3.63, 3.8) is 0 Å². The topological polar surface area (TPSA) is 46.5 Å². The molecule has 0 unspecified atom stereocenters. The maximum absolute atomic E-state index is 10.00. The molecular weight excluding hydrogens is 360 g/mol. The van der Waals surface area contributed by atoms with Gasteiger partial charge in [0.1, 0.15) is 5.75 Å². The quantitative estimate of drug-likeness (QED) is 0.316. The highest BCUT2D eigenvalue weighted by molar-refractivity contribution is 6.30. The van der Waals surface area contributed by atoms with Crippen LogP contribution in [0.4, 0.5) is 4.79 Å². The van der Waals surface area contributed by atoms with Gasteiger partial charge in [-0.1, -0.05) is 62.6 Å². The third-order valence-electron chi connectivity index (χ3n) is 6.01. The molecule has 3 nitrogen and oxygen atoms in total. The van der Waals surface area contributed by atoms with E-state index in [1.54, 1.807) is 25.0 Å². The third-order valence-corrected chi connectivity index (χ3v) is 6.26. The van der Waals surface area contributed by atoms with Gasteiger partial charge in [-0.3, -0.25) is 0 Å². The standard InChI is InChI=1S/C16H28.C7H5ClO3/c1-2-3-7-14-10-12-16(13-11-14)15-8-5-4-6-9-15;8-5-1-3-6(4-2-5)11-7(9)10/h2,14-16H,1,3-13H2;1-4H,(H,9,10). The SMILES string of the molecule is C=CCCC1CCC(C2CCCCC2)CC1.O=C(O)Oc1ccc(Cl)cc1. The molecule has 4 heteroatoms. The van der Waals surface area contributed by atoms with E-state index >= 15 is 0 Å². The summed E-state index contributed by atoms with van der Waals surface area (Å²) in [6, 6.07) is 6.08. The Morgan fingerprint density at radius 3 is 2.19 bits per heavy atom. The number of carbonyl (C=O) groups is 1. The van der Waals surface area contributed by atoms with Crippen LogP contribution in [-0.2, 0) is 0 Å². The van der Waals surface area contributed by atoms with Crippen molar-refractivity contribution in [2.75, 3.05) is 0 Å². The Morgan fingerprint density at radius 1 is 1.04 bits per heavy atom. The number of rotatable bonds is 5. The van der Waals surface area contributed by atoms with E-state index in [1.165, 1.54) is 69.9 Å². The average Bonchev–Trinajstić information content (AvgIpc) is 2.69. The van der Waals surface area contributed by atoms with Gasteiger partial charge in [0, 0.05) is 5.02 Å². The van der Waals surface area contributed by atoms with Crippen molar-refractivity contribution in [1.29, 1.82) is 0 Å². The molecule has 0 heterocycles. The fourth-order valence-electron chi connectivity index (χ4n) is 4.51. The second-order valence-electron chi connectivity index (χ2n) is 7.87. The number of benzene rings is 1. The zero-order chi connectivity index (χ0) is 19.5. The van der Waals surface area contributed by atoms with Gasteiger partial charge >= 0.3 is 6.16 Å². The summed E-state index contributed by atoms with van der Waals surface area (Å²) in [5.74, 6) is 3.49. The molecule has 0 bridgehead atoms. The molecule has 0 radical (unpaired) electrons. The summed E-state index contributed by atoms with van der Waals surface area (Å²) in [5, 5.41) is 8.73. The van der Waals surface area contributed by atoms with Gasteiger partial charge < -0.3 is 9.84 Å². The predicted molar refractivity (Wildman–Crippen MR) is 112 cm³/mol. The molecule has 1 aromatic carbocycles. The van der Waals surface area contributed by atoms with Crippen LogP contribution in [0.15, 0.2) is 36.9 Å². The molecule has 0 aliphatic heterocycles. The maximum Gasteiger partial charge on any atom is 0.511 e. The van der Waals surface area contributed by atoms with Crippen LogP contribution >= 0.6 is 11.6 Å². The molecule has 2 aliphatic rings. The zero-order valence-corrected chi connectivity index (χ0v) is 17.0. The van der Waals surface area contributed by atoms with Crippen LogP contribution < -0.4 is 4.74 Å². The van der Waals surface area contributed by atoms with Gasteiger partial charge in [0.15, 0.2) is 0 Å². The molecule has 150 valence electrons. The second kappa shape index (κ2) is 12.1. The van der Waals surface area contributed by atoms with Gasteiger partial charge in [0.25, 0.3) is 0 Å². The van der Waals surface area contributed by atoms with Gasteiger partial charge in [0.05, 0.1) is 0 Å². The fourth-order valence-corrected chi connectivity index (χ4v) is 4.64. The Balaban J connectivity index is 0.000000208. The molecule has 2 aliphatic carbocycles. The summed E-state index contributed by atoms with van der Waals surface area (Å²) >= 11 is 5.55. The first-order valence-corrected chi connectivity index (χ1v) is 10.7. The molecule has 0 aromatic heterocycles. The van der Waals surface area contributed by atoms with Gasteiger partial charge in [-0.15, -0.1) is 6.58 Å². The second-order valence-corrected chi connectivity index (χ2v) is 8.30. The lowest BCUT2D eigenvalue weighted by Crippen LogP contribution is -2.23. The number of hydrogen-bond acceptors (Lipinski definition) is 2. The van der Waals surface area contributed by atoms with Crippen LogP contribution in [0.2, 0.25) is 5.02 Å². The molecule has 0 spiro atoms. The van der Waals surface area contributed by atoms with E-state index in [1.807, 2.05) is 0 Å². The molecule has 1 aromatic rings. The summed E-state index contributed by atoms with van der Waals surface area (Å²) in [5.41, 5.74) is 0. The number of allylic oxidation sites excluding steroid dienone is 1. The minimum absolute atomic E-state index is 0.266. The van der Waals surface area contributed by atoms with Crippen LogP contribution in [0.3, 0.4) is 0 Å². The highest BCUT2D eigenvalue weighted by atomic mass is 35.5. The molecule has 0 saturated heterocycles. The van der Waals surface area contributed by atoms with Crippen LogP contribution in [0.1, 0.15) is 70.6 Å². The molecule has 27 heavy (non-hydrogen) atoms. The van der Waals surface area contributed by atoms with E-state index in [0.29, 0.717) is 5.02 Å². The Morgan fingerprint density at radius 2 is 1.63 bits per heavy atom. The summed E-state index contributed by atoms with van der Waals surface area (Å²) in [6.07, 6.45) is 17.1. The van der Waals surface area contributed by atoms with Crippen LogP contribution in [0.5, 0.6) is 5.75 Å². The first-order chi connectivity index (χ1) is 13.1. The van der Waals surface area contributed by atoms with Crippen molar-refractivity contribution in [2.45, 2.75) is 70.6 Å². The normalized spacial score (nSPS) is 23.0. The fraction of sp³-hybridized carbons (Fsp3) is 0.609. The minimum atomic E-state index is -1.33. The smallest absolute Gasteiger partial charge is 0.449 e. The summed E-state index contributed by atoms with van der Waals surface area (Å²) in [7, 11) is 0. The summed E-state index contributed by atoms with van der Waals surface area (Å²) in [4.78, 5) is 10.00. The van der Waals surface area contributed by atoms with Crippen LogP contribution in [-0.4, -0.2) is 11.3 Å². The lowest BCUT2D eigenvalue weighted by atomic mass is 9.70. The monoisotopic (exact) mass is 392 g/mol.